The van der Waals surface area contributed by atoms with Crippen molar-refractivity contribution in [2.45, 2.75) is 25.7 Å². The molecule has 41 heavy (non-hydrogen) atoms. The maximum atomic E-state index is 13.4. The van der Waals surface area contributed by atoms with Gasteiger partial charge in [-0.05, 0) is 61.8 Å². The summed E-state index contributed by atoms with van der Waals surface area (Å²) in [5.41, 5.74) is 7.17. The Morgan fingerprint density at radius 1 is 1.10 bits per heavy atom. The predicted octanol–water partition coefficient (Wildman–Crippen LogP) is 2.04. The lowest BCUT2D eigenvalue weighted by atomic mass is 9.80. The molecule has 3 heterocycles. The highest BCUT2D eigenvalue weighted by atomic mass is 32.2. The smallest absolute Gasteiger partial charge is 0.261 e. The van der Waals surface area contributed by atoms with E-state index in [1.165, 1.54) is 5.56 Å². The number of aliphatic imine (C=N–C) groups is 2. The molecule has 6 aliphatic rings. The minimum Gasteiger partial charge on any atom is -0.493 e. The van der Waals surface area contributed by atoms with Crippen LogP contribution in [0.5, 0.6) is 0 Å². The van der Waals surface area contributed by atoms with Crippen LogP contribution in [0.4, 0.5) is 0 Å². The fourth-order valence-corrected chi connectivity index (χ4v) is 5.79. The van der Waals surface area contributed by atoms with E-state index in [0.29, 0.717) is 43.0 Å². The van der Waals surface area contributed by atoms with E-state index in [4.69, 9.17) is 14.3 Å². The number of rotatable bonds is 2. The third-order valence-electron chi connectivity index (χ3n) is 7.34. The van der Waals surface area contributed by atoms with Crippen LogP contribution in [0.2, 0.25) is 0 Å². The minimum atomic E-state index is -3.67. The van der Waals surface area contributed by atoms with Crippen LogP contribution in [-0.4, -0.2) is 91.9 Å². The molecule has 0 spiro atoms. The van der Waals surface area contributed by atoms with E-state index < -0.39 is 16.0 Å². The number of ether oxygens (including phenoxy) is 1. The Kier molecular flexibility index (Phi) is 8.97. The summed E-state index contributed by atoms with van der Waals surface area (Å²) in [6.07, 6.45) is 10.3. The lowest BCUT2D eigenvalue weighted by molar-refractivity contribution is -0.126. The molecule has 3 N–H and O–H groups in total. The Bertz CT molecular complexity index is 1570. The molecule has 2 atom stereocenters. The zero-order valence-electron chi connectivity index (χ0n) is 23.3. The largest absolute Gasteiger partial charge is 0.493 e. The summed E-state index contributed by atoms with van der Waals surface area (Å²) >= 11 is 0. The van der Waals surface area contributed by atoms with Gasteiger partial charge in [-0.25, -0.2) is 0 Å². The minimum absolute atomic E-state index is 0. The average Bonchev–Trinajstić information content (AvgIpc) is 3.23. The first-order chi connectivity index (χ1) is 19.0. The molecule has 0 aromatic heterocycles. The molecule has 3 aliphatic carbocycles. The summed E-state index contributed by atoms with van der Waals surface area (Å²) in [5, 5.41) is 0. The molecule has 2 unspecified atom stereocenters. The van der Waals surface area contributed by atoms with Crippen LogP contribution in [0, 0.1) is 11.8 Å². The zero-order valence-corrected chi connectivity index (χ0v) is 24.1. The van der Waals surface area contributed by atoms with Crippen LogP contribution >= 0.6 is 0 Å². The van der Waals surface area contributed by atoms with Gasteiger partial charge in [0.25, 0.3) is 10.1 Å². The van der Waals surface area contributed by atoms with Gasteiger partial charge in [0.15, 0.2) is 11.6 Å². The van der Waals surface area contributed by atoms with Crippen molar-refractivity contribution >= 4 is 39.2 Å². The van der Waals surface area contributed by atoms with E-state index in [1.54, 1.807) is 6.21 Å². The lowest BCUT2D eigenvalue weighted by Crippen LogP contribution is -2.32. The third-order valence-corrected chi connectivity index (χ3v) is 7.34. The second kappa shape index (κ2) is 12.1. The molecule has 0 fully saturated rings. The first-order valence-corrected chi connectivity index (χ1v) is 15.0. The van der Waals surface area contributed by atoms with Crippen molar-refractivity contribution in [2.75, 3.05) is 40.0 Å². The summed E-state index contributed by atoms with van der Waals surface area (Å²) in [4.78, 5) is 42.9. The number of allylic oxidation sites excluding steroid dienone is 2. The SMILES string of the molecule is CN(C)CC1CCc2cc3c4cncc-4cc2/C1=N\CC/C1=C/C2C(=O)CC(=O)C3=C2/N=C\CO1.CS(=O)(=O)O.O. The van der Waals surface area contributed by atoms with Crippen molar-refractivity contribution in [1.82, 2.24) is 9.88 Å². The van der Waals surface area contributed by atoms with Crippen LogP contribution < -0.4 is 0 Å². The van der Waals surface area contributed by atoms with Crippen LogP contribution in [0.25, 0.3) is 16.7 Å². The van der Waals surface area contributed by atoms with Gasteiger partial charge in [-0.1, -0.05) is 0 Å². The van der Waals surface area contributed by atoms with Crippen molar-refractivity contribution < 1.29 is 32.8 Å². The number of nitrogens with zero attached hydrogens (tertiary/aromatic N) is 4. The van der Waals surface area contributed by atoms with Gasteiger partial charge in [0.1, 0.15) is 6.61 Å². The number of aryl methyl sites for hydroxylation is 1. The van der Waals surface area contributed by atoms with Crippen molar-refractivity contribution in [1.29, 1.82) is 0 Å². The molecule has 0 saturated carbocycles. The molecule has 0 aromatic rings. The van der Waals surface area contributed by atoms with Gasteiger partial charge >= 0.3 is 0 Å². The highest BCUT2D eigenvalue weighted by Gasteiger charge is 2.37. The summed E-state index contributed by atoms with van der Waals surface area (Å²) < 4.78 is 31.8. The van der Waals surface area contributed by atoms with Gasteiger partial charge in [-0.2, -0.15) is 8.42 Å². The fourth-order valence-electron chi connectivity index (χ4n) is 5.79. The van der Waals surface area contributed by atoms with E-state index in [1.807, 2.05) is 18.5 Å². The molecule has 0 amide bonds. The maximum absolute atomic E-state index is 13.4. The molecule has 11 nitrogen and oxygen atoms in total. The summed E-state index contributed by atoms with van der Waals surface area (Å²) in [6, 6.07) is 4.33. The maximum Gasteiger partial charge on any atom is 0.261 e. The number of fused-ring (bicyclic) bond motifs is 4. The molecular formula is C29H34N4O7S. The monoisotopic (exact) mass is 582 g/mol. The highest BCUT2D eigenvalue weighted by Crippen LogP contribution is 2.42. The Labute approximate surface area is 239 Å². The summed E-state index contributed by atoms with van der Waals surface area (Å²) in [6.45, 7) is 1.78. The van der Waals surface area contributed by atoms with Gasteiger partial charge in [-0.3, -0.25) is 29.1 Å². The number of hydrogen-bond donors (Lipinski definition) is 1. The van der Waals surface area contributed by atoms with Crippen LogP contribution in [0.3, 0.4) is 0 Å². The number of aromatic nitrogens is 1. The van der Waals surface area contributed by atoms with Crippen LogP contribution in [0.1, 0.15) is 36.0 Å². The first kappa shape index (κ1) is 30.4. The molecular weight excluding hydrogens is 548 g/mol. The van der Waals surface area contributed by atoms with Crippen molar-refractivity contribution in [2.24, 2.45) is 21.8 Å². The molecule has 8 bridgehead atoms. The molecule has 6 rings (SSSR count). The van der Waals surface area contributed by atoms with Crippen molar-refractivity contribution in [3.05, 3.63) is 58.7 Å². The first-order valence-electron chi connectivity index (χ1n) is 13.2. The van der Waals surface area contributed by atoms with E-state index in [2.05, 4.69) is 41.1 Å². The van der Waals surface area contributed by atoms with E-state index in [9.17, 15) is 18.0 Å². The van der Waals surface area contributed by atoms with Gasteiger partial charge in [-0.15, -0.1) is 0 Å². The van der Waals surface area contributed by atoms with Crippen LogP contribution in [0.15, 0.2) is 52.0 Å². The van der Waals surface area contributed by atoms with Crippen molar-refractivity contribution in [3.63, 3.8) is 0 Å². The van der Waals surface area contributed by atoms with E-state index in [-0.39, 0.29) is 23.5 Å². The molecule has 218 valence electrons. The molecule has 0 saturated heterocycles. The number of hydrogen-bond acceptors (Lipinski definition) is 9. The third kappa shape index (κ3) is 6.67. The number of carbonyl (C=O) groups is 2. The van der Waals surface area contributed by atoms with E-state index >= 15 is 0 Å². The number of Topliss-reactive ketones (excluding diaryl/α,β-unsaturated/α-hetero) is 2. The molecule has 12 heteroatoms. The molecule has 0 aromatic carbocycles. The molecule has 0 radical (unpaired) electrons. The fraction of sp³-hybridized carbons (Fsp3) is 0.414. The summed E-state index contributed by atoms with van der Waals surface area (Å²) in [7, 11) is 0.526. The summed E-state index contributed by atoms with van der Waals surface area (Å²) in [5.74, 6) is 0.133. The quantitative estimate of drug-likeness (QED) is 0.414. The Hall–Kier alpha value is -3.58. The number of carbonyl (C=O) groups excluding carboxylic acids is 2. The van der Waals surface area contributed by atoms with Gasteiger partial charge in [0.2, 0.25) is 0 Å². The average molecular weight is 583 g/mol. The second-order valence-electron chi connectivity index (χ2n) is 10.7. The normalized spacial score (nSPS) is 25.1. The Morgan fingerprint density at radius 3 is 2.59 bits per heavy atom. The van der Waals surface area contributed by atoms with Gasteiger partial charge in [0.05, 0.1) is 30.1 Å². The number of ketones is 2. The Morgan fingerprint density at radius 2 is 1.85 bits per heavy atom. The second-order valence-corrected chi connectivity index (χ2v) is 12.2. The van der Waals surface area contributed by atoms with E-state index in [0.717, 1.165) is 53.1 Å². The van der Waals surface area contributed by atoms with Gasteiger partial charge in [0, 0.05) is 66.4 Å². The van der Waals surface area contributed by atoms with Crippen LogP contribution in [-0.2, 0) is 30.9 Å². The topological polar surface area (TPSA) is 170 Å². The predicted molar refractivity (Wildman–Crippen MR) is 156 cm³/mol. The Balaban J connectivity index is 0.000000596. The molecule has 3 aliphatic heterocycles. The highest BCUT2D eigenvalue weighted by molar-refractivity contribution is 7.85. The zero-order chi connectivity index (χ0) is 28.6. The van der Waals surface area contributed by atoms with Crippen molar-refractivity contribution in [3.8, 4) is 11.1 Å². The standard InChI is InChI=1S/C28H28N4O3.CH4O3S.H2O/c1-32(2)15-17-4-3-16-9-21-23-14-29-13-18(23)10-20(16)27(17)30-6-5-19-11-22-24(33)12-25(34)26(21)28(22)31-7-8-35-19;1-5(2,3)4;/h7,9-11,13-14,17,22H,3-6,8,12,15H2,1-2H3;1H3,(H,2,3,4);1H2/b19-11-,30-27-,31-7-;;. The van der Waals surface area contributed by atoms with Gasteiger partial charge < -0.3 is 15.1 Å². The lowest BCUT2D eigenvalue weighted by Gasteiger charge is -2.28.